The van der Waals surface area contributed by atoms with Gasteiger partial charge in [0, 0.05) is 12.8 Å². The number of aliphatic hydroxyl groups excluding tert-OH is 2. The minimum absolute atomic E-state index is 0.00407. The second kappa shape index (κ2) is 54.9. The Morgan fingerprint density at radius 2 is 0.723 bits per heavy atom. The van der Waals surface area contributed by atoms with Crippen molar-refractivity contribution in [2.24, 2.45) is 0 Å². The molecule has 0 fully saturated rings. The van der Waals surface area contributed by atoms with Gasteiger partial charge in [-0.1, -0.05) is 269 Å². The van der Waals surface area contributed by atoms with Crippen molar-refractivity contribution in [3.05, 3.63) is 24.3 Å². The third-order valence-electron chi connectivity index (χ3n) is 13.5. The number of aliphatic hydroxyl groups is 2. The Balaban J connectivity index is 3.40. The van der Waals surface area contributed by atoms with Crippen LogP contribution in [0, 0.1) is 0 Å². The van der Waals surface area contributed by atoms with Crippen LogP contribution in [0.25, 0.3) is 0 Å². The average molecular weight is 917 g/mol. The van der Waals surface area contributed by atoms with E-state index in [1.165, 1.54) is 244 Å². The van der Waals surface area contributed by atoms with E-state index in [0.717, 1.165) is 44.9 Å². The molecule has 6 heteroatoms. The topological polar surface area (TPSA) is 95.9 Å². The van der Waals surface area contributed by atoms with Crippen LogP contribution in [0.15, 0.2) is 24.3 Å². The van der Waals surface area contributed by atoms with Crippen LogP contribution in [-0.2, 0) is 14.3 Å². The van der Waals surface area contributed by atoms with E-state index in [0.29, 0.717) is 19.4 Å². The average Bonchev–Trinajstić information content (AvgIpc) is 3.31. The molecule has 6 nitrogen and oxygen atoms in total. The number of ether oxygens (including phenoxy) is 1. The van der Waals surface area contributed by atoms with Crippen molar-refractivity contribution in [1.82, 2.24) is 5.32 Å². The Morgan fingerprint density at radius 3 is 1.09 bits per heavy atom. The van der Waals surface area contributed by atoms with E-state index in [1.807, 2.05) is 6.08 Å². The molecule has 1 amide bonds. The zero-order valence-electron chi connectivity index (χ0n) is 43.7. The highest BCUT2D eigenvalue weighted by Crippen LogP contribution is 2.17. The number of hydrogen-bond donors (Lipinski definition) is 3. The Kier molecular flexibility index (Phi) is 53.5. The van der Waals surface area contributed by atoms with Crippen LogP contribution in [-0.4, -0.2) is 47.4 Å². The molecule has 0 saturated carbocycles. The van der Waals surface area contributed by atoms with E-state index < -0.39 is 12.1 Å². The van der Waals surface area contributed by atoms with Crippen molar-refractivity contribution in [2.45, 2.75) is 328 Å². The van der Waals surface area contributed by atoms with E-state index in [4.69, 9.17) is 4.74 Å². The first-order valence-corrected chi connectivity index (χ1v) is 29.1. The van der Waals surface area contributed by atoms with Gasteiger partial charge in [0.1, 0.15) is 0 Å². The van der Waals surface area contributed by atoms with Gasteiger partial charge in [-0.05, 0) is 57.8 Å². The fourth-order valence-electron chi connectivity index (χ4n) is 8.98. The van der Waals surface area contributed by atoms with Gasteiger partial charge in [-0.3, -0.25) is 9.59 Å². The number of esters is 1. The second-order valence-electron chi connectivity index (χ2n) is 20.0. The van der Waals surface area contributed by atoms with Crippen molar-refractivity contribution in [2.75, 3.05) is 13.2 Å². The smallest absolute Gasteiger partial charge is 0.305 e. The van der Waals surface area contributed by atoms with Crippen LogP contribution < -0.4 is 5.32 Å². The maximum Gasteiger partial charge on any atom is 0.305 e. The molecule has 0 aromatic heterocycles. The predicted octanol–water partition coefficient (Wildman–Crippen LogP) is 17.9. The molecule has 0 heterocycles. The second-order valence-corrected chi connectivity index (χ2v) is 20.0. The monoisotopic (exact) mass is 916 g/mol. The summed E-state index contributed by atoms with van der Waals surface area (Å²) in [6, 6.07) is -0.630. The summed E-state index contributed by atoms with van der Waals surface area (Å²) in [5, 5.41) is 23.0. The lowest BCUT2D eigenvalue weighted by molar-refractivity contribution is -0.143. The zero-order valence-corrected chi connectivity index (χ0v) is 43.7. The van der Waals surface area contributed by atoms with E-state index in [9.17, 15) is 19.8 Å². The lowest BCUT2D eigenvalue weighted by Gasteiger charge is -2.20. The molecule has 384 valence electrons. The van der Waals surface area contributed by atoms with Gasteiger partial charge in [-0.15, -0.1) is 0 Å². The third kappa shape index (κ3) is 51.6. The van der Waals surface area contributed by atoms with Crippen LogP contribution >= 0.6 is 0 Å². The van der Waals surface area contributed by atoms with Gasteiger partial charge < -0.3 is 20.3 Å². The fourth-order valence-corrected chi connectivity index (χ4v) is 8.98. The summed E-state index contributed by atoms with van der Waals surface area (Å²) < 4.78 is 5.49. The largest absolute Gasteiger partial charge is 0.466 e. The molecule has 0 rings (SSSR count). The van der Waals surface area contributed by atoms with Gasteiger partial charge in [-0.25, -0.2) is 0 Å². The molecular weight excluding hydrogens is 803 g/mol. The van der Waals surface area contributed by atoms with Crippen LogP contribution in [0.1, 0.15) is 316 Å². The number of carbonyl (C=O) groups is 2. The lowest BCUT2D eigenvalue weighted by Crippen LogP contribution is -2.45. The number of hydrogen-bond acceptors (Lipinski definition) is 5. The number of unbranched alkanes of at least 4 members (excludes halogenated alkanes) is 41. The number of allylic oxidation sites excluding steroid dienone is 3. The summed E-state index contributed by atoms with van der Waals surface area (Å²) in [6.45, 7) is 4.89. The molecule has 0 aliphatic heterocycles. The molecule has 2 unspecified atom stereocenters. The van der Waals surface area contributed by atoms with Gasteiger partial charge in [0.05, 0.1) is 25.4 Å². The van der Waals surface area contributed by atoms with Crippen LogP contribution in [0.2, 0.25) is 0 Å². The molecule has 0 spiro atoms. The molecule has 0 aromatic rings. The Hall–Kier alpha value is -1.66. The van der Waals surface area contributed by atoms with Crippen molar-refractivity contribution < 1.29 is 24.5 Å². The van der Waals surface area contributed by atoms with Gasteiger partial charge in [0.2, 0.25) is 5.91 Å². The van der Waals surface area contributed by atoms with E-state index >= 15 is 0 Å². The fraction of sp³-hybridized carbons (Fsp3) is 0.898. The van der Waals surface area contributed by atoms with Crippen LogP contribution in [0.5, 0.6) is 0 Å². The van der Waals surface area contributed by atoms with Gasteiger partial charge in [-0.2, -0.15) is 0 Å². The summed E-state index contributed by atoms with van der Waals surface area (Å²) in [5.41, 5.74) is 0. The Bertz CT molecular complexity index is 1010. The summed E-state index contributed by atoms with van der Waals surface area (Å²) in [7, 11) is 0. The number of nitrogens with one attached hydrogen (secondary N) is 1. The summed E-state index contributed by atoms with van der Waals surface area (Å²) in [6.07, 6.45) is 66.3. The number of amides is 1. The Labute approximate surface area is 405 Å². The summed E-state index contributed by atoms with van der Waals surface area (Å²) >= 11 is 0. The maximum absolute atomic E-state index is 12.4. The molecule has 0 aliphatic rings. The highest BCUT2D eigenvalue weighted by Gasteiger charge is 2.18. The van der Waals surface area contributed by atoms with E-state index in [-0.39, 0.29) is 18.5 Å². The predicted molar refractivity (Wildman–Crippen MR) is 283 cm³/mol. The normalized spacial score (nSPS) is 12.7. The van der Waals surface area contributed by atoms with Gasteiger partial charge >= 0.3 is 5.97 Å². The van der Waals surface area contributed by atoms with Crippen molar-refractivity contribution in [1.29, 1.82) is 0 Å². The minimum atomic E-state index is -0.847. The van der Waals surface area contributed by atoms with Crippen molar-refractivity contribution in [3.8, 4) is 0 Å². The molecule has 0 aromatic carbocycles. The summed E-state index contributed by atoms with van der Waals surface area (Å²) in [5.74, 6) is -0.0693. The Morgan fingerprint density at radius 1 is 0.415 bits per heavy atom. The minimum Gasteiger partial charge on any atom is -0.466 e. The molecule has 0 bridgehead atoms. The molecule has 0 aliphatic carbocycles. The first-order valence-electron chi connectivity index (χ1n) is 29.1. The standard InChI is InChI=1S/C59H113NO5/c1-3-5-7-9-11-13-15-17-18-19-20-23-26-29-33-37-41-45-49-53-59(64)65-54-50-46-42-38-34-30-27-24-21-22-25-28-32-36-40-44-48-52-58(63)60-56(55-61)57(62)51-47-43-39-35-31-16-14-12-10-8-6-4-2/h17-18,47,51,56-57,61-62H,3-16,19-46,48-50,52-55H2,1-2H3,(H,60,63)/b18-17-,51-47+. The molecule has 2 atom stereocenters. The van der Waals surface area contributed by atoms with Gasteiger partial charge in [0.15, 0.2) is 0 Å². The van der Waals surface area contributed by atoms with E-state index in [1.54, 1.807) is 6.08 Å². The molecule has 0 radical (unpaired) electrons. The number of rotatable bonds is 54. The van der Waals surface area contributed by atoms with Crippen molar-refractivity contribution in [3.63, 3.8) is 0 Å². The number of carbonyl (C=O) groups excluding carboxylic acids is 2. The summed E-state index contributed by atoms with van der Waals surface area (Å²) in [4.78, 5) is 24.5. The quantitative estimate of drug-likeness (QED) is 0.0321. The molecule has 3 N–H and O–H groups in total. The van der Waals surface area contributed by atoms with Gasteiger partial charge in [0.25, 0.3) is 0 Å². The highest BCUT2D eigenvalue weighted by atomic mass is 16.5. The van der Waals surface area contributed by atoms with Crippen molar-refractivity contribution >= 4 is 11.9 Å². The maximum atomic E-state index is 12.4. The van der Waals surface area contributed by atoms with Crippen LogP contribution in [0.3, 0.4) is 0 Å². The third-order valence-corrected chi connectivity index (χ3v) is 13.5. The molecular formula is C59H113NO5. The SMILES string of the molecule is CCCCCCCC/C=C\CCCCCCCCCCCC(=O)OCCCCCCCCCCCCCCCCCCCC(=O)NC(CO)C(O)/C=C/CCCCCCCCCCCC. The molecule has 65 heavy (non-hydrogen) atoms. The molecule has 0 saturated heterocycles. The first-order chi connectivity index (χ1) is 32.0. The lowest BCUT2D eigenvalue weighted by atomic mass is 10.0. The highest BCUT2D eigenvalue weighted by molar-refractivity contribution is 5.76. The zero-order chi connectivity index (χ0) is 47.2. The van der Waals surface area contributed by atoms with Crippen LogP contribution in [0.4, 0.5) is 0 Å². The van der Waals surface area contributed by atoms with E-state index in [2.05, 4.69) is 31.3 Å². The first kappa shape index (κ1) is 63.3.